The predicted octanol–water partition coefficient (Wildman–Crippen LogP) is 3.41. The van der Waals surface area contributed by atoms with Crippen molar-refractivity contribution in [2.75, 3.05) is 10.6 Å². The van der Waals surface area contributed by atoms with Crippen LogP contribution in [0.2, 0.25) is 0 Å². The van der Waals surface area contributed by atoms with E-state index in [4.69, 9.17) is 0 Å². The number of rotatable bonds is 6. The van der Waals surface area contributed by atoms with Crippen LogP contribution < -0.4 is 10.6 Å². The van der Waals surface area contributed by atoms with E-state index in [2.05, 4.69) is 24.1 Å². The summed E-state index contributed by atoms with van der Waals surface area (Å²) in [4.78, 5) is 10.9. The Kier molecular flexibility index (Phi) is 5.27. The summed E-state index contributed by atoms with van der Waals surface area (Å²) in [5, 5.41) is 6.14. The van der Waals surface area contributed by atoms with Gasteiger partial charge in [0.1, 0.15) is 0 Å². The second-order valence-electron chi connectivity index (χ2n) is 4.17. The Labute approximate surface area is 103 Å². The summed E-state index contributed by atoms with van der Waals surface area (Å²) in [6.45, 7) is 7.36. The lowest BCUT2D eigenvalue weighted by atomic mass is 10.1. The van der Waals surface area contributed by atoms with Gasteiger partial charge < -0.3 is 10.6 Å². The van der Waals surface area contributed by atoms with Crippen LogP contribution in [0.3, 0.4) is 0 Å². The van der Waals surface area contributed by atoms with Gasteiger partial charge in [-0.15, -0.1) is 6.58 Å². The zero-order valence-electron chi connectivity index (χ0n) is 10.5. The van der Waals surface area contributed by atoms with E-state index in [-0.39, 0.29) is 5.91 Å². The van der Waals surface area contributed by atoms with Crippen LogP contribution >= 0.6 is 0 Å². The number of anilines is 2. The molecule has 1 aromatic carbocycles. The maximum atomic E-state index is 10.9. The molecule has 0 aliphatic rings. The lowest BCUT2D eigenvalue weighted by Gasteiger charge is -2.14. The Morgan fingerprint density at radius 1 is 1.35 bits per heavy atom. The standard InChI is InChI=1S/C14H20N2O/c1-4-5-6-11(2)15-13-7-9-14(10-8-13)16-12(3)17/h4,7-11,15H,1,5-6H2,2-3H3,(H,16,17). The Bertz CT molecular complexity index is 370. The second kappa shape index (κ2) is 6.74. The number of benzene rings is 1. The monoisotopic (exact) mass is 232 g/mol. The fourth-order valence-electron chi connectivity index (χ4n) is 1.58. The number of hydrogen-bond donors (Lipinski definition) is 2. The number of nitrogens with one attached hydrogen (secondary N) is 2. The van der Waals surface area contributed by atoms with Gasteiger partial charge in [0, 0.05) is 24.3 Å². The summed E-state index contributed by atoms with van der Waals surface area (Å²) in [6.07, 6.45) is 4.01. The summed E-state index contributed by atoms with van der Waals surface area (Å²) in [7, 11) is 0. The van der Waals surface area contributed by atoms with Crippen LogP contribution in [0.1, 0.15) is 26.7 Å². The summed E-state index contributed by atoms with van der Waals surface area (Å²) in [5.74, 6) is -0.0509. The van der Waals surface area contributed by atoms with Gasteiger partial charge in [0.25, 0.3) is 0 Å². The Hall–Kier alpha value is -1.77. The van der Waals surface area contributed by atoms with Gasteiger partial charge >= 0.3 is 0 Å². The topological polar surface area (TPSA) is 41.1 Å². The third kappa shape index (κ3) is 5.20. The van der Waals surface area contributed by atoms with E-state index < -0.39 is 0 Å². The molecule has 0 spiro atoms. The molecule has 3 heteroatoms. The largest absolute Gasteiger partial charge is 0.383 e. The van der Waals surface area contributed by atoms with Gasteiger partial charge in [-0.3, -0.25) is 4.79 Å². The maximum absolute atomic E-state index is 10.9. The van der Waals surface area contributed by atoms with E-state index in [0.29, 0.717) is 6.04 Å². The molecule has 1 atom stereocenters. The minimum atomic E-state index is -0.0509. The second-order valence-corrected chi connectivity index (χ2v) is 4.17. The average molecular weight is 232 g/mol. The molecule has 2 N–H and O–H groups in total. The van der Waals surface area contributed by atoms with E-state index in [1.807, 2.05) is 30.3 Å². The van der Waals surface area contributed by atoms with Crippen molar-refractivity contribution in [3.63, 3.8) is 0 Å². The fourth-order valence-corrected chi connectivity index (χ4v) is 1.58. The van der Waals surface area contributed by atoms with Crippen LogP contribution in [-0.4, -0.2) is 11.9 Å². The highest BCUT2D eigenvalue weighted by atomic mass is 16.1. The highest BCUT2D eigenvalue weighted by Gasteiger charge is 2.01. The molecule has 92 valence electrons. The SMILES string of the molecule is C=CCCC(C)Nc1ccc(NC(C)=O)cc1. The molecule has 1 unspecified atom stereocenters. The highest BCUT2D eigenvalue weighted by Crippen LogP contribution is 2.15. The molecular weight excluding hydrogens is 212 g/mol. The molecule has 0 heterocycles. The first-order valence-electron chi connectivity index (χ1n) is 5.87. The number of carbonyl (C=O) groups is 1. The van der Waals surface area contributed by atoms with Crippen LogP contribution in [0.25, 0.3) is 0 Å². The third-order valence-corrected chi connectivity index (χ3v) is 2.42. The zero-order valence-corrected chi connectivity index (χ0v) is 10.5. The summed E-state index contributed by atoms with van der Waals surface area (Å²) in [5.41, 5.74) is 1.89. The van der Waals surface area contributed by atoms with Gasteiger partial charge in [0.15, 0.2) is 0 Å². The first-order valence-corrected chi connectivity index (χ1v) is 5.87. The minimum Gasteiger partial charge on any atom is -0.383 e. The molecule has 1 amide bonds. The lowest BCUT2D eigenvalue weighted by Crippen LogP contribution is -2.14. The zero-order chi connectivity index (χ0) is 12.7. The predicted molar refractivity (Wildman–Crippen MR) is 73.3 cm³/mol. The Balaban J connectivity index is 2.49. The number of hydrogen-bond acceptors (Lipinski definition) is 2. The first kappa shape index (κ1) is 13.3. The molecule has 0 saturated carbocycles. The Morgan fingerprint density at radius 3 is 2.47 bits per heavy atom. The van der Waals surface area contributed by atoms with Crippen LogP contribution in [0.15, 0.2) is 36.9 Å². The molecule has 0 aliphatic heterocycles. The summed E-state index contributed by atoms with van der Waals surface area (Å²) in [6, 6.07) is 8.14. The van der Waals surface area contributed by atoms with Crippen molar-refractivity contribution >= 4 is 17.3 Å². The van der Waals surface area contributed by atoms with Crippen molar-refractivity contribution in [3.8, 4) is 0 Å². The van der Waals surface area contributed by atoms with Gasteiger partial charge in [-0.05, 0) is 44.0 Å². The molecular formula is C14H20N2O. The third-order valence-electron chi connectivity index (χ3n) is 2.42. The molecule has 1 aromatic rings. The van der Waals surface area contributed by atoms with E-state index in [0.717, 1.165) is 24.2 Å². The Morgan fingerprint density at radius 2 is 1.94 bits per heavy atom. The highest BCUT2D eigenvalue weighted by molar-refractivity contribution is 5.88. The van der Waals surface area contributed by atoms with Gasteiger partial charge in [-0.1, -0.05) is 6.08 Å². The summed E-state index contributed by atoms with van der Waals surface area (Å²) < 4.78 is 0. The molecule has 0 aliphatic carbocycles. The van der Waals surface area contributed by atoms with Gasteiger partial charge in [-0.25, -0.2) is 0 Å². The summed E-state index contributed by atoms with van der Waals surface area (Å²) >= 11 is 0. The molecule has 0 bridgehead atoms. The van der Waals surface area contributed by atoms with Crippen molar-refractivity contribution in [3.05, 3.63) is 36.9 Å². The number of carbonyl (C=O) groups excluding carboxylic acids is 1. The molecule has 0 saturated heterocycles. The van der Waals surface area contributed by atoms with Crippen molar-refractivity contribution in [2.45, 2.75) is 32.7 Å². The minimum absolute atomic E-state index is 0.0509. The van der Waals surface area contributed by atoms with Crippen molar-refractivity contribution < 1.29 is 4.79 Å². The van der Waals surface area contributed by atoms with E-state index >= 15 is 0 Å². The van der Waals surface area contributed by atoms with Crippen LogP contribution in [0.5, 0.6) is 0 Å². The maximum Gasteiger partial charge on any atom is 0.221 e. The molecule has 0 radical (unpaired) electrons. The van der Waals surface area contributed by atoms with Crippen molar-refractivity contribution in [1.29, 1.82) is 0 Å². The molecule has 0 aromatic heterocycles. The molecule has 0 fully saturated rings. The normalized spacial score (nSPS) is 11.6. The van der Waals surface area contributed by atoms with E-state index in [9.17, 15) is 4.79 Å². The molecule has 1 rings (SSSR count). The smallest absolute Gasteiger partial charge is 0.221 e. The van der Waals surface area contributed by atoms with Crippen molar-refractivity contribution in [2.24, 2.45) is 0 Å². The van der Waals surface area contributed by atoms with E-state index in [1.54, 1.807) is 0 Å². The van der Waals surface area contributed by atoms with E-state index in [1.165, 1.54) is 6.92 Å². The number of allylic oxidation sites excluding steroid dienone is 1. The van der Waals surface area contributed by atoms with Gasteiger partial charge in [-0.2, -0.15) is 0 Å². The fraction of sp³-hybridized carbons (Fsp3) is 0.357. The average Bonchev–Trinajstić information content (AvgIpc) is 2.28. The lowest BCUT2D eigenvalue weighted by molar-refractivity contribution is -0.114. The number of amides is 1. The van der Waals surface area contributed by atoms with Gasteiger partial charge in [0.05, 0.1) is 0 Å². The van der Waals surface area contributed by atoms with Gasteiger partial charge in [0.2, 0.25) is 5.91 Å². The van der Waals surface area contributed by atoms with Crippen LogP contribution in [-0.2, 0) is 4.79 Å². The first-order chi connectivity index (χ1) is 8.11. The molecule has 3 nitrogen and oxygen atoms in total. The van der Waals surface area contributed by atoms with Crippen molar-refractivity contribution in [1.82, 2.24) is 0 Å². The quantitative estimate of drug-likeness (QED) is 0.738. The molecule has 17 heavy (non-hydrogen) atoms. The van der Waals surface area contributed by atoms with Crippen LogP contribution in [0, 0.1) is 0 Å². The van der Waals surface area contributed by atoms with Crippen LogP contribution in [0.4, 0.5) is 11.4 Å².